The molecule has 3 rings (SSSR count). The molecular formula is C11H11NO. The van der Waals surface area contributed by atoms with E-state index in [4.69, 9.17) is 0 Å². The quantitative estimate of drug-likeness (QED) is 0.545. The van der Waals surface area contributed by atoms with Crippen LogP contribution in [0.15, 0.2) is 35.1 Å². The highest BCUT2D eigenvalue weighted by Crippen LogP contribution is 2.36. The second-order valence-corrected chi connectivity index (χ2v) is 3.89. The van der Waals surface area contributed by atoms with Crippen molar-refractivity contribution in [1.82, 2.24) is 4.57 Å². The van der Waals surface area contributed by atoms with Crippen molar-refractivity contribution >= 4 is 0 Å². The predicted molar refractivity (Wildman–Crippen MR) is 50.7 cm³/mol. The van der Waals surface area contributed by atoms with E-state index in [0.29, 0.717) is 11.8 Å². The highest BCUT2D eigenvalue weighted by Gasteiger charge is 2.28. The van der Waals surface area contributed by atoms with Gasteiger partial charge < -0.3 is 4.57 Å². The number of fused-ring (bicyclic) bond motifs is 4. The summed E-state index contributed by atoms with van der Waals surface area (Å²) in [6.45, 7) is 0.877. The first-order valence-corrected chi connectivity index (χ1v) is 4.73. The lowest BCUT2D eigenvalue weighted by molar-refractivity contribution is 0.425. The second-order valence-electron chi connectivity index (χ2n) is 3.89. The average Bonchev–Trinajstić information content (AvgIpc) is 2.51. The van der Waals surface area contributed by atoms with Crippen LogP contribution >= 0.6 is 0 Å². The lowest BCUT2D eigenvalue weighted by atomic mass is 9.95. The van der Waals surface area contributed by atoms with E-state index in [9.17, 15) is 4.79 Å². The van der Waals surface area contributed by atoms with E-state index < -0.39 is 0 Å². The lowest BCUT2D eigenvalue weighted by Crippen LogP contribution is -2.29. The molecule has 1 aliphatic carbocycles. The average molecular weight is 173 g/mol. The summed E-state index contributed by atoms with van der Waals surface area (Å²) in [5.74, 6) is 1.09. The largest absolute Gasteiger partial charge is 0.311 e. The summed E-state index contributed by atoms with van der Waals surface area (Å²) in [5.41, 5.74) is 1.34. The van der Waals surface area contributed by atoms with E-state index in [1.165, 1.54) is 12.1 Å². The van der Waals surface area contributed by atoms with Crippen LogP contribution in [0.1, 0.15) is 18.0 Å². The first kappa shape index (κ1) is 7.13. The molecule has 0 fully saturated rings. The maximum atomic E-state index is 11.5. The van der Waals surface area contributed by atoms with Gasteiger partial charge in [-0.15, -0.1) is 0 Å². The van der Waals surface area contributed by atoms with Gasteiger partial charge in [0.15, 0.2) is 0 Å². The Bertz CT molecular complexity index is 430. The minimum atomic E-state index is 0.149. The Morgan fingerprint density at radius 2 is 2.23 bits per heavy atom. The molecule has 0 saturated heterocycles. The van der Waals surface area contributed by atoms with Crippen LogP contribution in [0, 0.1) is 5.92 Å². The van der Waals surface area contributed by atoms with E-state index in [1.807, 2.05) is 10.6 Å². The van der Waals surface area contributed by atoms with Crippen molar-refractivity contribution < 1.29 is 0 Å². The zero-order valence-corrected chi connectivity index (χ0v) is 7.31. The normalized spacial score (nSPS) is 28.9. The molecule has 1 aromatic heterocycles. The van der Waals surface area contributed by atoms with Crippen LogP contribution in [0.3, 0.4) is 0 Å². The number of hydrogen-bond acceptors (Lipinski definition) is 1. The molecule has 2 bridgehead atoms. The molecule has 0 amide bonds. The molecule has 2 aliphatic rings. The van der Waals surface area contributed by atoms with E-state index in [0.717, 1.165) is 6.54 Å². The lowest BCUT2D eigenvalue weighted by Gasteiger charge is -2.24. The van der Waals surface area contributed by atoms with Crippen molar-refractivity contribution in [3.05, 3.63) is 46.4 Å². The third-order valence-corrected chi connectivity index (χ3v) is 3.05. The van der Waals surface area contributed by atoms with Gasteiger partial charge in [-0.3, -0.25) is 4.79 Å². The monoisotopic (exact) mass is 173 g/mol. The molecule has 1 aromatic rings. The Morgan fingerprint density at radius 3 is 3.15 bits per heavy atom. The van der Waals surface area contributed by atoms with Crippen LogP contribution < -0.4 is 5.56 Å². The number of pyridine rings is 1. The molecule has 0 saturated carbocycles. The van der Waals surface area contributed by atoms with E-state index in [-0.39, 0.29) is 5.56 Å². The summed E-state index contributed by atoms with van der Waals surface area (Å²) in [4.78, 5) is 11.5. The summed E-state index contributed by atoms with van der Waals surface area (Å²) in [5, 5.41) is 0. The molecule has 0 radical (unpaired) electrons. The molecule has 2 atom stereocenters. The van der Waals surface area contributed by atoms with Crippen molar-refractivity contribution in [1.29, 1.82) is 0 Å². The van der Waals surface area contributed by atoms with Crippen LogP contribution in [0.5, 0.6) is 0 Å². The van der Waals surface area contributed by atoms with Gasteiger partial charge in [0.25, 0.3) is 5.56 Å². The van der Waals surface area contributed by atoms with Crippen LogP contribution in [0.25, 0.3) is 0 Å². The number of allylic oxidation sites excluding steroid dienone is 2. The second kappa shape index (κ2) is 2.34. The molecule has 1 aliphatic heterocycles. The molecule has 13 heavy (non-hydrogen) atoms. The molecule has 66 valence electrons. The minimum absolute atomic E-state index is 0.149. The molecule has 0 unspecified atom stereocenters. The van der Waals surface area contributed by atoms with Gasteiger partial charge in [0.1, 0.15) is 0 Å². The number of hydrogen-bond donors (Lipinski definition) is 0. The SMILES string of the molecule is O=c1cccc2n1C[C@@H]1C=C[C@H]2C1. The Labute approximate surface area is 76.5 Å². The number of rotatable bonds is 0. The van der Waals surface area contributed by atoms with Gasteiger partial charge in [-0.05, 0) is 18.4 Å². The molecule has 2 heterocycles. The van der Waals surface area contributed by atoms with Crippen LogP contribution in [0.4, 0.5) is 0 Å². The van der Waals surface area contributed by atoms with E-state index >= 15 is 0 Å². The fourth-order valence-corrected chi connectivity index (χ4v) is 2.42. The van der Waals surface area contributed by atoms with Crippen molar-refractivity contribution in [2.75, 3.05) is 0 Å². The zero-order valence-electron chi connectivity index (χ0n) is 7.31. The third-order valence-electron chi connectivity index (χ3n) is 3.05. The molecular weight excluding hydrogens is 162 g/mol. The summed E-state index contributed by atoms with van der Waals surface area (Å²) in [7, 11) is 0. The van der Waals surface area contributed by atoms with E-state index in [1.54, 1.807) is 6.07 Å². The Hall–Kier alpha value is -1.31. The minimum Gasteiger partial charge on any atom is -0.311 e. The zero-order chi connectivity index (χ0) is 8.84. The summed E-state index contributed by atoms with van der Waals surface area (Å²) in [6, 6.07) is 5.58. The fraction of sp³-hybridized carbons (Fsp3) is 0.364. The van der Waals surface area contributed by atoms with Gasteiger partial charge in [-0.25, -0.2) is 0 Å². The van der Waals surface area contributed by atoms with Crippen LogP contribution in [0.2, 0.25) is 0 Å². The first-order chi connectivity index (χ1) is 6.34. The standard InChI is InChI=1S/C11H11NO/c13-11-3-1-2-10-9-5-4-8(6-9)7-12(10)11/h1-5,8-9H,6-7H2/t8-,9+/m1/s1. The van der Waals surface area contributed by atoms with Gasteiger partial charge in [0, 0.05) is 24.2 Å². The molecule has 0 aromatic carbocycles. The number of aromatic nitrogens is 1. The predicted octanol–water partition coefficient (Wildman–Crippen LogP) is 1.52. The topological polar surface area (TPSA) is 22.0 Å². The number of nitrogens with zero attached hydrogens (tertiary/aromatic N) is 1. The summed E-state index contributed by atoms with van der Waals surface area (Å²) in [6.07, 6.45) is 5.68. The first-order valence-electron chi connectivity index (χ1n) is 4.73. The van der Waals surface area contributed by atoms with Gasteiger partial charge in [-0.1, -0.05) is 18.2 Å². The Morgan fingerprint density at radius 1 is 1.31 bits per heavy atom. The molecule has 2 heteroatoms. The van der Waals surface area contributed by atoms with Gasteiger partial charge >= 0.3 is 0 Å². The smallest absolute Gasteiger partial charge is 0.250 e. The Kier molecular flexibility index (Phi) is 1.29. The van der Waals surface area contributed by atoms with Crippen molar-refractivity contribution in [2.24, 2.45) is 5.92 Å². The fourth-order valence-electron chi connectivity index (χ4n) is 2.42. The van der Waals surface area contributed by atoms with Crippen molar-refractivity contribution in [3.63, 3.8) is 0 Å². The summed E-state index contributed by atoms with van der Waals surface area (Å²) >= 11 is 0. The van der Waals surface area contributed by atoms with Crippen molar-refractivity contribution in [2.45, 2.75) is 18.9 Å². The van der Waals surface area contributed by atoms with Crippen LogP contribution in [-0.4, -0.2) is 4.57 Å². The maximum Gasteiger partial charge on any atom is 0.250 e. The van der Waals surface area contributed by atoms with Gasteiger partial charge in [-0.2, -0.15) is 0 Å². The third kappa shape index (κ3) is 0.916. The highest BCUT2D eigenvalue weighted by atomic mass is 16.1. The maximum absolute atomic E-state index is 11.5. The molecule has 0 N–H and O–H groups in total. The molecule has 0 spiro atoms. The van der Waals surface area contributed by atoms with Crippen LogP contribution in [-0.2, 0) is 6.54 Å². The Balaban J connectivity index is 2.26. The van der Waals surface area contributed by atoms with Gasteiger partial charge in [0.05, 0.1) is 0 Å². The highest BCUT2D eigenvalue weighted by molar-refractivity contribution is 5.25. The van der Waals surface area contributed by atoms with Crippen molar-refractivity contribution in [3.8, 4) is 0 Å². The molecule has 2 nitrogen and oxygen atoms in total. The van der Waals surface area contributed by atoms with E-state index in [2.05, 4.69) is 18.2 Å². The van der Waals surface area contributed by atoms with Gasteiger partial charge in [0.2, 0.25) is 0 Å². The summed E-state index contributed by atoms with van der Waals surface area (Å²) < 4.78 is 1.92.